The van der Waals surface area contributed by atoms with Crippen molar-refractivity contribution < 1.29 is 22.7 Å². The van der Waals surface area contributed by atoms with Gasteiger partial charge in [0.25, 0.3) is 0 Å². The Hall–Kier alpha value is -1.05. The van der Waals surface area contributed by atoms with E-state index in [1.807, 2.05) is 6.07 Å². The molecule has 5 heteroatoms. The van der Waals surface area contributed by atoms with Crippen molar-refractivity contribution in [2.75, 3.05) is 0 Å². The van der Waals surface area contributed by atoms with Gasteiger partial charge in [-0.25, -0.2) is 9.59 Å². The first kappa shape index (κ1) is 16.0. The second kappa shape index (κ2) is 6.93. The molecular formula is C14H12BaO4. The van der Waals surface area contributed by atoms with E-state index in [1.54, 1.807) is 30.3 Å². The average molecular weight is 382 g/mol. The Balaban J connectivity index is 0. The van der Waals surface area contributed by atoms with Crippen molar-refractivity contribution >= 4 is 60.8 Å². The van der Waals surface area contributed by atoms with Gasteiger partial charge in [-0.3, -0.25) is 0 Å². The molecule has 0 bridgehead atoms. The van der Waals surface area contributed by atoms with E-state index in [0.29, 0.717) is 11.1 Å². The Morgan fingerprint density at radius 2 is 1.47 bits per heavy atom. The molecule has 2 N–H and O–H groups in total. The summed E-state index contributed by atoms with van der Waals surface area (Å²) in [7, 11) is 0. The van der Waals surface area contributed by atoms with Crippen molar-refractivity contribution in [2.45, 2.75) is 0 Å². The van der Waals surface area contributed by atoms with Crippen LogP contribution in [-0.2, 0) is 0 Å². The minimum Gasteiger partial charge on any atom is -1.00 e. The van der Waals surface area contributed by atoms with Crippen LogP contribution in [0.1, 0.15) is 23.6 Å². The van der Waals surface area contributed by atoms with Gasteiger partial charge in [0.1, 0.15) is 0 Å². The maximum Gasteiger partial charge on any atom is 2.00 e. The van der Waals surface area contributed by atoms with Crippen molar-refractivity contribution in [2.24, 2.45) is 0 Å². The van der Waals surface area contributed by atoms with Crippen LogP contribution < -0.4 is 0 Å². The summed E-state index contributed by atoms with van der Waals surface area (Å²) in [5.41, 5.74) is 0.695. The van der Waals surface area contributed by atoms with Crippen LogP contribution in [0.2, 0.25) is 0 Å². The zero-order valence-corrected chi connectivity index (χ0v) is 14.5. The zero-order valence-electron chi connectivity index (χ0n) is 12.0. The predicted molar refractivity (Wildman–Crippen MR) is 73.8 cm³/mol. The molecule has 0 atom stereocenters. The summed E-state index contributed by atoms with van der Waals surface area (Å²) >= 11 is 0. The minimum atomic E-state index is -1.25. The molecule has 0 spiro atoms. The number of benzene rings is 2. The summed E-state index contributed by atoms with van der Waals surface area (Å²) in [5.74, 6) is -2.49. The third-order valence-corrected chi connectivity index (χ3v) is 2.59. The van der Waals surface area contributed by atoms with Crippen LogP contribution in [0.4, 0.5) is 0 Å². The molecule has 19 heavy (non-hydrogen) atoms. The van der Waals surface area contributed by atoms with E-state index in [-0.39, 0.29) is 62.9 Å². The molecule has 0 aliphatic rings. The van der Waals surface area contributed by atoms with Gasteiger partial charge in [0.05, 0.1) is 11.1 Å². The Bertz CT molecular complexity index is 618. The Kier molecular flexibility index (Phi) is 5.84. The third-order valence-electron chi connectivity index (χ3n) is 2.59. The molecule has 0 aliphatic heterocycles. The van der Waals surface area contributed by atoms with Crippen LogP contribution in [0.5, 0.6) is 0 Å². The monoisotopic (exact) mass is 382 g/mol. The predicted octanol–water partition coefficient (Wildman–Crippen LogP) is 2.59. The number of rotatable bonds is 3. The van der Waals surface area contributed by atoms with Gasteiger partial charge in [-0.05, 0) is 17.2 Å². The fourth-order valence-corrected chi connectivity index (χ4v) is 1.82. The van der Waals surface area contributed by atoms with Gasteiger partial charge in [-0.15, -0.1) is 0 Å². The molecular weight excluding hydrogens is 369 g/mol. The van der Waals surface area contributed by atoms with Crippen LogP contribution >= 0.6 is 0 Å². The van der Waals surface area contributed by atoms with E-state index < -0.39 is 11.9 Å². The largest absolute Gasteiger partial charge is 2.00 e. The normalized spacial score (nSPS) is 9.47. The molecule has 0 aliphatic carbocycles. The first-order valence-electron chi connectivity index (χ1n) is 5.26. The van der Waals surface area contributed by atoms with Crippen molar-refractivity contribution in [1.29, 1.82) is 0 Å². The van der Waals surface area contributed by atoms with E-state index in [4.69, 9.17) is 5.11 Å². The van der Waals surface area contributed by atoms with E-state index >= 15 is 0 Å². The van der Waals surface area contributed by atoms with Gasteiger partial charge >= 0.3 is 60.8 Å². The summed E-state index contributed by atoms with van der Waals surface area (Å²) in [6.07, 6.45) is 0. The first-order valence-corrected chi connectivity index (χ1v) is 5.26. The van der Waals surface area contributed by atoms with Crippen LogP contribution in [0.25, 0.3) is 11.1 Å². The molecule has 2 rings (SSSR count). The number of carboxylic acids is 2. The fraction of sp³-hybridized carbons (Fsp3) is 0. The molecule has 0 saturated heterocycles. The van der Waals surface area contributed by atoms with E-state index in [9.17, 15) is 14.7 Å². The van der Waals surface area contributed by atoms with Gasteiger partial charge in [-0.1, -0.05) is 42.5 Å². The van der Waals surface area contributed by atoms with E-state index in [2.05, 4.69) is 0 Å². The van der Waals surface area contributed by atoms with Gasteiger partial charge in [0.15, 0.2) is 0 Å². The molecule has 0 radical (unpaired) electrons. The quantitative estimate of drug-likeness (QED) is 0.802. The Labute approximate surface area is 153 Å². The standard InChI is InChI=1S/C14H10O4.Ba.2H/c15-13(16)11-8-4-7-10(12(11)14(17)18)9-5-2-1-3-6-9;;;/h1-8H,(H,15,16)(H,17,18);;;/q;+2;2*-1. The number of hydrogen-bond donors (Lipinski definition) is 2. The summed E-state index contributed by atoms with van der Waals surface area (Å²) in [5, 5.41) is 18.2. The molecule has 0 amide bonds. The molecule has 2 aromatic rings. The van der Waals surface area contributed by atoms with Crippen molar-refractivity contribution in [3.8, 4) is 11.1 Å². The number of aromatic carboxylic acids is 2. The van der Waals surface area contributed by atoms with E-state index in [1.165, 1.54) is 12.1 Å². The second-order valence-corrected chi connectivity index (χ2v) is 3.70. The molecule has 0 fully saturated rings. The first-order chi connectivity index (χ1) is 8.61. The summed E-state index contributed by atoms with van der Waals surface area (Å²) in [4.78, 5) is 22.3. The van der Waals surface area contributed by atoms with Crippen LogP contribution in [-0.4, -0.2) is 71.0 Å². The van der Waals surface area contributed by atoms with Crippen LogP contribution in [0.3, 0.4) is 0 Å². The molecule has 0 aromatic heterocycles. The number of carbonyl (C=O) groups is 2. The maximum absolute atomic E-state index is 11.3. The maximum atomic E-state index is 11.3. The van der Waals surface area contributed by atoms with Crippen molar-refractivity contribution in [3.63, 3.8) is 0 Å². The van der Waals surface area contributed by atoms with Gasteiger partial charge in [-0.2, -0.15) is 0 Å². The average Bonchev–Trinajstić information content (AvgIpc) is 2.38. The van der Waals surface area contributed by atoms with Gasteiger partial charge < -0.3 is 13.1 Å². The molecule has 0 heterocycles. The SMILES string of the molecule is O=C(O)c1cccc(-c2ccccc2)c1C(=O)O.[Ba+2].[H-].[H-]. The summed E-state index contributed by atoms with van der Waals surface area (Å²) < 4.78 is 0. The summed E-state index contributed by atoms with van der Waals surface area (Å²) in [6, 6.07) is 13.3. The van der Waals surface area contributed by atoms with Gasteiger partial charge in [0.2, 0.25) is 0 Å². The van der Waals surface area contributed by atoms with E-state index in [0.717, 1.165) is 0 Å². The molecule has 0 unspecified atom stereocenters. The zero-order chi connectivity index (χ0) is 13.1. The fourth-order valence-electron chi connectivity index (χ4n) is 1.82. The Morgan fingerprint density at radius 3 is 2.00 bits per heavy atom. The van der Waals surface area contributed by atoms with Crippen molar-refractivity contribution in [3.05, 3.63) is 59.7 Å². The van der Waals surface area contributed by atoms with Gasteiger partial charge in [0, 0.05) is 0 Å². The van der Waals surface area contributed by atoms with Crippen LogP contribution in [0, 0.1) is 0 Å². The second-order valence-electron chi connectivity index (χ2n) is 3.70. The molecule has 4 nitrogen and oxygen atoms in total. The molecule has 94 valence electrons. The molecule has 0 saturated carbocycles. The third kappa shape index (κ3) is 3.49. The topological polar surface area (TPSA) is 74.6 Å². The smallest absolute Gasteiger partial charge is 1.00 e. The molecule has 2 aromatic carbocycles. The number of hydrogen-bond acceptors (Lipinski definition) is 2. The number of carboxylic acid groups (broad SMARTS) is 2. The Morgan fingerprint density at radius 1 is 0.842 bits per heavy atom. The summed E-state index contributed by atoms with van der Waals surface area (Å²) in [6.45, 7) is 0. The van der Waals surface area contributed by atoms with Crippen LogP contribution in [0.15, 0.2) is 48.5 Å². The minimum absolute atomic E-state index is 0. The van der Waals surface area contributed by atoms with Crippen molar-refractivity contribution in [1.82, 2.24) is 0 Å².